The number of benzene rings is 1. The van der Waals surface area contributed by atoms with Crippen molar-refractivity contribution in [3.63, 3.8) is 0 Å². The van der Waals surface area contributed by atoms with Crippen LogP contribution in [0.2, 0.25) is 0 Å². The first-order chi connectivity index (χ1) is 14.9. The lowest BCUT2D eigenvalue weighted by atomic mass is 10.0. The van der Waals surface area contributed by atoms with E-state index in [-0.39, 0.29) is 6.61 Å². The molecule has 8 nitrogen and oxygen atoms in total. The van der Waals surface area contributed by atoms with Gasteiger partial charge < -0.3 is 10.1 Å². The molecular formula is C23H24N6O2. The van der Waals surface area contributed by atoms with Crippen LogP contribution in [0.5, 0.6) is 0 Å². The maximum atomic E-state index is 12.6. The van der Waals surface area contributed by atoms with Crippen molar-refractivity contribution < 1.29 is 9.53 Å². The topological polar surface area (TPSA) is 94.8 Å². The molecule has 158 valence electrons. The summed E-state index contributed by atoms with van der Waals surface area (Å²) in [6.45, 7) is 10.0. The number of hydrogen-bond donors (Lipinski definition) is 1. The Morgan fingerprint density at radius 2 is 1.87 bits per heavy atom. The molecule has 4 rings (SSSR count). The standard InChI is InChI=1S/C23H24N6O2/c1-6-31-23(30)18-12-24-29(22(18)25-19-8-7-16(5)27-28-19)20-11-14(3)17-10-13(2)9-15(4)21(17)26-20/h7-12H,6H2,1-5H3,(H,25,28). The van der Waals surface area contributed by atoms with Gasteiger partial charge in [0.1, 0.15) is 5.56 Å². The Bertz CT molecular complexity index is 1280. The lowest BCUT2D eigenvalue weighted by molar-refractivity contribution is 0.0527. The third kappa shape index (κ3) is 3.96. The summed E-state index contributed by atoms with van der Waals surface area (Å²) in [5, 5.41) is 16.9. The van der Waals surface area contributed by atoms with E-state index in [1.165, 1.54) is 11.8 Å². The number of rotatable bonds is 5. The van der Waals surface area contributed by atoms with Gasteiger partial charge in [0.25, 0.3) is 0 Å². The predicted octanol–water partition coefficient (Wildman–Crippen LogP) is 4.36. The van der Waals surface area contributed by atoms with Crippen molar-refractivity contribution in [2.24, 2.45) is 0 Å². The zero-order valence-corrected chi connectivity index (χ0v) is 18.2. The molecule has 0 radical (unpaired) electrons. The molecule has 0 saturated carbocycles. The molecular weight excluding hydrogens is 392 g/mol. The smallest absolute Gasteiger partial charge is 0.343 e. The van der Waals surface area contributed by atoms with Crippen molar-refractivity contribution in [2.75, 3.05) is 11.9 Å². The average molecular weight is 416 g/mol. The van der Waals surface area contributed by atoms with E-state index in [0.717, 1.165) is 27.7 Å². The first kappa shape index (κ1) is 20.5. The number of nitrogens with one attached hydrogen (secondary N) is 1. The number of pyridine rings is 1. The highest BCUT2D eigenvalue weighted by Crippen LogP contribution is 2.28. The molecule has 0 aliphatic heterocycles. The first-order valence-electron chi connectivity index (χ1n) is 10.1. The van der Waals surface area contributed by atoms with Crippen LogP contribution >= 0.6 is 0 Å². The molecule has 0 aliphatic rings. The molecule has 31 heavy (non-hydrogen) atoms. The molecule has 1 aromatic carbocycles. The van der Waals surface area contributed by atoms with Crippen molar-refractivity contribution in [2.45, 2.75) is 34.6 Å². The van der Waals surface area contributed by atoms with Crippen LogP contribution in [0.15, 0.2) is 36.5 Å². The maximum Gasteiger partial charge on any atom is 0.343 e. The van der Waals surface area contributed by atoms with Gasteiger partial charge in [-0.15, -0.1) is 5.10 Å². The fourth-order valence-electron chi connectivity index (χ4n) is 3.52. The van der Waals surface area contributed by atoms with E-state index in [0.29, 0.717) is 23.0 Å². The number of anilines is 2. The molecule has 0 aliphatic carbocycles. The average Bonchev–Trinajstić information content (AvgIpc) is 3.14. The minimum absolute atomic E-state index is 0.264. The Morgan fingerprint density at radius 3 is 2.58 bits per heavy atom. The number of ether oxygens (including phenoxy) is 1. The Kier molecular flexibility index (Phi) is 5.37. The number of esters is 1. The minimum Gasteiger partial charge on any atom is -0.462 e. The monoisotopic (exact) mass is 416 g/mol. The molecule has 1 N–H and O–H groups in total. The van der Waals surface area contributed by atoms with E-state index < -0.39 is 5.97 Å². The third-order valence-corrected chi connectivity index (χ3v) is 4.97. The van der Waals surface area contributed by atoms with Crippen LogP contribution in [0.3, 0.4) is 0 Å². The molecule has 0 bridgehead atoms. The zero-order chi connectivity index (χ0) is 22.1. The highest BCUT2D eigenvalue weighted by Gasteiger charge is 2.22. The highest BCUT2D eigenvalue weighted by atomic mass is 16.5. The van der Waals surface area contributed by atoms with E-state index in [4.69, 9.17) is 9.72 Å². The highest BCUT2D eigenvalue weighted by molar-refractivity contribution is 5.95. The number of fused-ring (bicyclic) bond motifs is 1. The number of hydrogen-bond acceptors (Lipinski definition) is 7. The normalized spacial score (nSPS) is 11.0. The zero-order valence-electron chi connectivity index (χ0n) is 18.2. The predicted molar refractivity (Wildman–Crippen MR) is 119 cm³/mol. The molecule has 0 atom stereocenters. The summed E-state index contributed by atoms with van der Waals surface area (Å²) >= 11 is 0. The molecule has 8 heteroatoms. The second-order valence-electron chi connectivity index (χ2n) is 7.50. The summed E-state index contributed by atoms with van der Waals surface area (Å²) in [6, 6.07) is 9.81. The van der Waals surface area contributed by atoms with E-state index >= 15 is 0 Å². The Labute approximate surface area is 180 Å². The summed E-state index contributed by atoms with van der Waals surface area (Å²) in [6.07, 6.45) is 1.48. The second kappa shape index (κ2) is 8.14. The van der Waals surface area contributed by atoms with Gasteiger partial charge in [-0.3, -0.25) is 0 Å². The fraction of sp³-hybridized carbons (Fsp3) is 0.261. The molecule has 3 aromatic heterocycles. The molecule has 3 heterocycles. The van der Waals surface area contributed by atoms with Gasteiger partial charge in [-0.1, -0.05) is 11.6 Å². The number of carbonyl (C=O) groups is 1. The van der Waals surface area contributed by atoms with Crippen molar-refractivity contribution in [3.8, 4) is 5.82 Å². The van der Waals surface area contributed by atoms with Crippen LogP contribution < -0.4 is 5.32 Å². The molecule has 0 saturated heterocycles. The summed E-state index contributed by atoms with van der Waals surface area (Å²) in [5.41, 5.74) is 5.32. The van der Waals surface area contributed by atoms with Crippen molar-refractivity contribution >= 4 is 28.5 Å². The van der Waals surface area contributed by atoms with Gasteiger partial charge in [0.2, 0.25) is 0 Å². The van der Waals surface area contributed by atoms with Crippen molar-refractivity contribution in [1.29, 1.82) is 0 Å². The minimum atomic E-state index is -0.472. The van der Waals surface area contributed by atoms with Gasteiger partial charge in [-0.05, 0) is 70.0 Å². The van der Waals surface area contributed by atoms with Crippen LogP contribution in [0, 0.1) is 27.7 Å². The van der Waals surface area contributed by atoms with Gasteiger partial charge in [0, 0.05) is 5.39 Å². The van der Waals surface area contributed by atoms with E-state index in [1.807, 2.05) is 32.9 Å². The second-order valence-corrected chi connectivity index (χ2v) is 7.50. The molecule has 0 amide bonds. The molecule has 0 unspecified atom stereocenters. The van der Waals surface area contributed by atoms with Crippen molar-refractivity contribution in [1.82, 2.24) is 25.0 Å². The van der Waals surface area contributed by atoms with Gasteiger partial charge in [0.15, 0.2) is 17.5 Å². The Hall–Kier alpha value is -3.81. The Morgan fingerprint density at radius 1 is 1.06 bits per heavy atom. The lowest BCUT2D eigenvalue weighted by Gasteiger charge is -2.13. The van der Waals surface area contributed by atoms with Gasteiger partial charge in [-0.25, -0.2) is 9.78 Å². The number of carbonyl (C=O) groups excluding carboxylic acids is 1. The summed E-state index contributed by atoms with van der Waals surface area (Å²) in [4.78, 5) is 17.4. The lowest BCUT2D eigenvalue weighted by Crippen LogP contribution is -2.11. The van der Waals surface area contributed by atoms with Crippen LogP contribution in [0.25, 0.3) is 16.7 Å². The summed E-state index contributed by atoms with van der Waals surface area (Å²) < 4.78 is 6.81. The Balaban J connectivity index is 1.88. The molecule has 0 fully saturated rings. The van der Waals surface area contributed by atoms with Crippen LogP contribution in [-0.4, -0.2) is 37.5 Å². The van der Waals surface area contributed by atoms with Crippen molar-refractivity contribution in [3.05, 3.63) is 64.5 Å². The molecule has 4 aromatic rings. The van der Waals surface area contributed by atoms with E-state index in [9.17, 15) is 4.79 Å². The number of aryl methyl sites for hydroxylation is 4. The first-order valence-corrected chi connectivity index (χ1v) is 10.1. The van der Waals surface area contributed by atoms with Gasteiger partial charge in [0.05, 0.1) is 24.0 Å². The summed E-state index contributed by atoms with van der Waals surface area (Å²) in [5.74, 6) is 1.03. The van der Waals surface area contributed by atoms with E-state index in [2.05, 4.69) is 39.7 Å². The number of aromatic nitrogens is 5. The van der Waals surface area contributed by atoms with Crippen LogP contribution in [-0.2, 0) is 4.74 Å². The van der Waals surface area contributed by atoms with Crippen LogP contribution in [0.4, 0.5) is 11.6 Å². The maximum absolute atomic E-state index is 12.6. The SMILES string of the molecule is CCOC(=O)c1cnn(-c2cc(C)c3cc(C)cc(C)c3n2)c1Nc1ccc(C)nn1. The van der Waals surface area contributed by atoms with Gasteiger partial charge >= 0.3 is 5.97 Å². The quantitative estimate of drug-likeness (QED) is 0.483. The summed E-state index contributed by atoms with van der Waals surface area (Å²) in [7, 11) is 0. The van der Waals surface area contributed by atoms with Gasteiger partial charge in [-0.2, -0.15) is 14.9 Å². The van der Waals surface area contributed by atoms with Crippen LogP contribution in [0.1, 0.15) is 39.7 Å². The largest absolute Gasteiger partial charge is 0.462 e. The third-order valence-electron chi connectivity index (χ3n) is 4.97. The number of nitrogens with zero attached hydrogens (tertiary/aromatic N) is 5. The molecule has 0 spiro atoms. The fourth-order valence-corrected chi connectivity index (χ4v) is 3.52. The van der Waals surface area contributed by atoms with E-state index in [1.54, 1.807) is 17.7 Å².